The third kappa shape index (κ3) is 3.30. The van der Waals surface area contributed by atoms with Crippen molar-refractivity contribution in [1.82, 2.24) is 0 Å². The van der Waals surface area contributed by atoms with E-state index in [2.05, 4.69) is 18.1 Å². The van der Waals surface area contributed by atoms with Gasteiger partial charge in [0.25, 0.3) is 5.91 Å². The van der Waals surface area contributed by atoms with Gasteiger partial charge in [0.1, 0.15) is 0 Å². The Kier molecular flexibility index (Phi) is 4.69. The van der Waals surface area contributed by atoms with Gasteiger partial charge in [-0.05, 0) is 31.4 Å². The fourth-order valence-corrected chi connectivity index (χ4v) is 2.36. The first-order chi connectivity index (χ1) is 7.97. The number of carbonyl (C=O) groups is 1. The Hall–Kier alpha value is -1.36. The third-order valence-electron chi connectivity index (χ3n) is 2.74. The summed E-state index contributed by atoms with van der Waals surface area (Å²) in [6.07, 6.45) is 2.06. The number of thioether (sulfide) groups is 1. The number of hydrogen-bond acceptors (Lipinski definition) is 4. The molecule has 17 heavy (non-hydrogen) atoms. The van der Waals surface area contributed by atoms with Crippen LogP contribution in [0, 0.1) is 0 Å². The Morgan fingerprint density at radius 1 is 1.53 bits per heavy atom. The molecule has 1 aromatic rings. The van der Waals surface area contributed by atoms with Crippen molar-refractivity contribution in [1.29, 1.82) is 0 Å². The molecule has 0 aromatic heterocycles. The summed E-state index contributed by atoms with van der Waals surface area (Å²) in [6, 6.07) is 5.57. The van der Waals surface area contributed by atoms with E-state index in [1.807, 2.05) is 13.1 Å². The van der Waals surface area contributed by atoms with Crippen LogP contribution in [0.15, 0.2) is 18.2 Å². The van der Waals surface area contributed by atoms with E-state index < -0.39 is 5.91 Å². The Morgan fingerprint density at radius 3 is 2.71 bits per heavy atom. The molecular formula is C12H19N3OS. The van der Waals surface area contributed by atoms with Crippen LogP contribution >= 0.6 is 11.8 Å². The lowest BCUT2D eigenvalue weighted by molar-refractivity contribution is 0.100. The molecule has 0 saturated heterocycles. The SMILES string of the molecule is CSCC(C)N(C)c1ccc(N)cc1C(N)=O. The molecule has 1 unspecified atom stereocenters. The van der Waals surface area contributed by atoms with Crippen molar-refractivity contribution in [3.8, 4) is 0 Å². The Balaban J connectivity index is 3.08. The highest BCUT2D eigenvalue weighted by atomic mass is 32.2. The maximum absolute atomic E-state index is 11.4. The van der Waals surface area contributed by atoms with Crippen LogP contribution < -0.4 is 16.4 Å². The van der Waals surface area contributed by atoms with E-state index in [1.165, 1.54) is 0 Å². The Labute approximate surface area is 106 Å². The van der Waals surface area contributed by atoms with Crippen LogP contribution in [0.4, 0.5) is 11.4 Å². The van der Waals surface area contributed by atoms with Crippen LogP contribution in [0.3, 0.4) is 0 Å². The lowest BCUT2D eigenvalue weighted by atomic mass is 10.1. The Morgan fingerprint density at radius 2 is 2.18 bits per heavy atom. The molecule has 1 atom stereocenters. The second kappa shape index (κ2) is 5.82. The predicted molar refractivity (Wildman–Crippen MR) is 75.6 cm³/mol. The molecule has 5 heteroatoms. The number of nitrogens with two attached hydrogens (primary N) is 2. The zero-order valence-corrected chi connectivity index (χ0v) is 11.3. The molecule has 0 radical (unpaired) electrons. The number of carbonyl (C=O) groups excluding carboxylic acids is 1. The molecule has 4 N–H and O–H groups in total. The summed E-state index contributed by atoms with van der Waals surface area (Å²) >= 11 is 1.77. The predicted octanol–water partition coefficient (Wildman–Crippen LogP) is 1.56. The van der Waals surface area contributed by atoms with Gasteiger partial charge < -0.3 is 16.4 Å². The van der Waals surface area contributed by atoms with Gasteiger partial charge in [0.2, 0.25) is 0 Å². The van der Waals surface area contributed by atoms with E-state index in [0.29, 0.717) is 17.3 Å². The molecular weight excluding hydrogens is 234 g/mol. The fourth-order valence-electron chi connectivity index (χ4n) is 1.65. The molecule has 0 bridgehead atoms. The smallest absolute Gasteiger partial charge is 0.250 e. The number of nitrogen functional groups attached to an aromatic ring is 1. The van der Waals surface area contributed by atoms with Crippen LogP contribution in [0.2, 0.25) is 0 Å². The van der Waals surface area contributed by atoms with Crippen LogP contribution in [0.5, 0.6) is 0 Å². The minimum atomic E-state index is -0.449. The summed E-state index contributed by atoms with van der Waals surface area (Å²) in [5.74, 6) is 0.537. The quantitative estimate of drug-likeness (QED) is 0.781. The molecule has 0 spiro atoms. The molecule has 0 fully saturated rings. The van der Waals surface area contributed by atoms with Gasteiger partial charge in [-0.3, -0.25) is 4.79 Å². The molecule has 94 valence electrons. The molecule has 1 rings (SSSR count). The maximum Gasteiger partial charge on any atom is 0.250 e. The minimum Gasteiger partial charge on any atom is -0.399 e. The van der Waals surface area contributed by atoms with Gasteiger partial charge in [0.05, 0.1) is 5.56 Å². The van der Waals surface area contributed by atoms with E-state index in [-0.39, 0.29) is 0 Å². The molecule has 1 aromatic carbocycles. The van der Waals surface area contributed by atoms with E-state index in [0.717, 1.165) is 11.4 Å². The van der Waals surface area contributed by atoms with Gasteiger partial charge >= 0.3 is 0 Å². The normalized spacial score (nSPS) is 12.2. The highest BCUT2D eigenvalue weighted by Crippen LogP contribution is 2.24. The number of amides is 1. The topological polar surface area (TPSA) is 72.3 Å². The van der Waals surface area contributed by atoms with Crippen molar-refractivity contribution in [3.05, 3.63) is 23.8 Å². The number of anilines is 2. The third-order valence-corrected chi connectivity index (χ3v) is 3.55. The highest BCUT2D eigenvalue weighted by Gasteiger charge is 2.16. The van der Waals surface area contributed by atoms with Crippen LogP contribution in [-0.2, 0) is 0 Å². The minimum absolute atomic E-state index is 0.326. The molecule has 0 aliphatic heterocycles. The monoisotopic (exact) mass is 253 g/mol. The summed E-state index contributed by atoms with van der Waals surface area (Å²) in [4.78, 5) is 13.4. The second-order valence-corrected chi connectivity index (χ2v) is 4.97. The fraction of sp³-hybridized carbons (Fsp3) is 0.417. The average molecular weight is 253 g/mol. The molecule has 0 saturated carbocycles. The van der Waals surface area contributed by atoms with E-state index in [4.69, 9.17) is 11.5 Å². The first-order valence-electron chi connectivity index (χ1n) is 5.38. The number of benzene rings is 1. The first-order valence-corrected chi connectivity index (χ1v) is 6.77. The van der Waals surface area contributed by atoms with E-state index in [9.17, 15) is 4.79 Å². The largest absolute Gasteiger partial charge is 0.399 e. The van der Waals surface area contributed by atoms with E-state index >= 15 is 0 Å². The van der Waals surface area contributed by atoms with Crippen molar-refractivity contribution in [2.24, 2.45) is 5.73 Å². The van der Waals surface area contributed by atoms with Crippen LogP contribution in [-0.4, -0.2) is 31.0 Å². The van der Waals surface area contributed by atoms with Gasteiger partial charge in [-0.15, -0.1) is 0 Å². The highest BCUT2D eigenvalue weighted by molar-refractivity contribution is 7.98. The molecule has 0 heterocycles. The summed E-state index contributed by atoms with van der Waals surface area (Å²) < 4.78 is 0. The van der Waals surface area contributed by atoms with Crippen molar-refractivity contribution < 1.29 is 4.79 Å². The lowest BCUT2D eigenvalue weighted by Gasteiger charge is -2.28. The average Bonchev–Trinajstić information content (AvgIpc) is 2.28. The van der Waals surface area contributed by atoms with Crippen molar-refractivity contribution >= 4 is 29.0 Å². The summed E-state index contributed by atoms with van der Waals surface area (Å²) in [6.45, 7) is 2.11. The number of rotatable bonds is 5. The van der Waals surface area contributed by atoms with Gasteiger partial charge in [0, 0.05) is 30.2 Å². The summed E-state index contributed by atoms with van der Waals surface area (Å²) in [5.41, 5.74) is 12.9. The van der Waals surface area contributed by atoms with Crippen molar-refractivity contribution in [2.45, 2.75) is 13.0 Å². The van der Waals surface area contributed by atoms with E-state index in [1.54, 1.807) is 23.9 Å². The number of hydrogen-bond donors (Lipinski definition) is 2. The molecule has 0 aliphatic carbocycles. The van der Waals surface area contributed by atoms with Gasteiger partial charge in [-0.25, -0.2) is 0 Å². The lowest BCUT2D eigenvalue weighted by Crippen LogP contribution is -2.32. The number of nitrogens with zero attached hydrogens (tertiary/aromatic N) is 1. The molecule has 0 aliphatic rings. The van der Waals surface area contributed by atoms with Gasteiger partial charge in [-0.1, -0.05) is 0 Å². The second-order valence-electron chi connectivity index (χ2n) is 4.06. The first kappa shape index (κ1) is 13.7. The van der Waals surface area contributed by atoms with Crippen LogP contribution in [0.1, 0.15) is 17.3 Å². The zero-order chi connectivity index (χ0) is 13.0. The molecule has 4 nitrogen and oxygen atoms in total. The summed E-state index contributed by atoms with van der Waals surface area (Å²) in [5, 5.41) is 0. The zero-order valence-electron chi connectivity index (χ0n) is 10.4. The summed E-state index contributed by atoms with van der Waals surface area (Å²) in [7, 11) is 1.96. The Bertz CT molecular complexity index is 409. The van der Waals surface area contributed by atoms with Crippen molar-refractivity contribution in [2.75, 3.05) is 29.7 Å². The van der Waals surface area contributed by atoms with Crippen LogP contribution in [0.25, 0.3) is 0 Å². The van der Waals surface area contributed by atoms with Crippen molar-refractivity contribution in [3.63, 3.8) is 0 Å². The van der Waals surface area contributed by atoms with Gasteiger partial charge in [-0.2, -0.15) is 11.8 Å². The van der Waals surface area contributed by atoms with Gasteiger partial charge in [0.15, 0.2) is 0 Å². The standard InChI is InChI=1S/C12H19N3OS/c1-8(7-17-3)15(2)11-5-4-9(13)6-10(11)12(14)16/h4-6,8H,7,13H2,1-3H3,(H2,14,16). The number of primary amides is 1. The maximum atomic E-state index is 11.4. The molecule has 1 amide bonds.